The van der Waals surface area contributed by atoms with E-state index in [0.717, 1.165) is 44.9 Å². The third kappa shape index (κ3) is 3.13. The number of rotatable bonds is 5. The molecule has 2 fully saturated rings. The van der Waals surface area contributed by atoms with Gasteiger partial charge in [-0.3, -0.25) is 10.00 Å². The Morgan fingerprint density at radius 2 is 2.26 bits per heavy atom. The summed E-state index contributed by atoms with van der Waals surface area (Å²) in [6, 6.07) is 6.39. The van der Waals surface area contributed by atoms with Crippen LogP contribution < -0.4 is 5.32 Å². The smallest absolute Gasteiger partial charge is 0.0695 e. The highest BCUT2D eigenvalue weighted by Gasteiger charge is 2.40. The second-order valence-corrected chi connectivity index (χ2v) is 7.59. The molecular formula is C17H24N4OS. The maximum Gasteiger partial charge on any atom is 0.0695 e. The Morgan fingerprint density at radius 1 is 1.35 bits per heavy atom. The summed E-state index contributed by atoms with van der Waals surface area (Å²) >= 11 is 2.09. The normalized spacial score (nSPS) is 26.1. The first-order valence-electron chi connectivity index (χ1n) is 8.40. The predicted molar refractivity (Wildman–Crippen MR) is 94.9 cm³/mol. The van der Waals surface area contributed by atoms with Crippen molar-refractivity contribution in [2.24, 2.45) is 0 Å². The van der Waals surface area contributed by atoms with E-state index in [1.54, 1.807) is 0 Å². The van der Waals surface area contributed by atoms with Crippen LogP contribution in [0.15, 0.2) is 24.4 Å². The van der Waals surface area contributed by atoms with Gasteiger partial charge in [-0.1, -0.05) is 18.2 Å². The summed E-state index contributed by atoms with van der Waals surface area (Å²) in [5.74, 6) is 2.50. The SMILES string of the molecule is c1cc(CNCC2(N3CCOCC3)CCSC2)c2[nH]ncc2c1. The Hall–Kier alpha value is -1.08. The van der Waals surface area contributed by atoms with Gasteiger partial charge in [0.05, 0.1) is 24.9 Å². The van der Waals surface area contributed by atoms with Gasteiger partial charge in [-0.15, -0.1) is 0 Å². The lowest BCUT2D eigenvalue weighted by molar-refractivity contribution is -0.0134. The topological polar surface area (TPSA) is 53.2 Å². The van der Waals surface area contributed by atoms with Gasteiger partial charge in [-0.2, -0.15) is 16.9 Å². The van der Waals surface area contributed by atoms with E-state index in [1.807, 2.05) is 6.20 Å². The summed E-state index contributed by atoms with van der Waals surface area (Å²) in [5, 5.41) is 12.2. The number of aromatic nitrogens is 2. The van der Waals surface area contributed by atoms with Crippen LogP contribution in [0.1, 0.15) is 12.0 Å². The molecule has 2 saturated heterocycles. The Balaban J connectivity index is 1.43. The molecule has 5 nitrogen and oxygen atoms in total. The zero-order valence-corrected chi connectivity index (χ0v) is 14.2. The average molecular weight is 332 g/mol. The number of morpholine rings is 1. The fourth-order valence-corrected chi connectivity index (χ4v) is 5.22. The third-order valence-corrected chi connectivity index (χ3v) is 6.33. The van der Waals surface area contributed by atoms with Crippen LogP contribution in [0.25, 0.3) is 10.9 Å². The minimum absolute atomic E-state index is 0.302. The molecule has 2 aliphatic rings. The largest absolute Gasteiger partial charge is 0.379 e. The van der Waals surface area contributed by atoms with Gasteiger partial charge < -0.3 is 10.1 Å². The Morgan fingerprint density at radius 3 is 3.09 bits per heavy atom. The molecule has 2 aliphatic heterocycles. The molecule has 2 aromatic rings. The number of nitrogens with zero attached hydrogens (tertiary/aromatic N) is 2. The number of H-pyrrole nitrogens is 1. The molecule has 0 spiro atoms. The van der Waals surface area contributed by atoms with Crippen LogP contribution >= 0.6 is 11.8 Å². The molecule has 1 aromatic heterocycles. The minimum Gasteiger partial charge on any atom is -0.379 e. The lowest BCUT2D eigenvalue weighted by atomic mass is 9.95. The van der Waals surface area contributed by atoms with Crippen LogP contribution in [0, 0.1) is 0 Å². The summed E-state index contributed by atoms with van der Waals surface area (Å²) in [7, 11) is 0. The quantitative estimate of drug-likeness (QED) is 0.875. The fourth-order valence-electron chi connectivity index (χ4n) is 3.74. The van der Waals surface area contributed by atoms with Crippen LogP contribution in [-0.2, 0) is 11.3 Å². The molecule has 23 heavy (non-hydrogen) atoms. The van der Waals surface area contributed by atoms with Crippen molar-refractivity contribution in [1.29, 1.82) is 0 Å². The maximum atomic E-state index is 5.54. The molecule has 4 rings (SSSR count). The van der Waals surface area contributed by atoms with Crippen molar-refractivity contribution in [3.8, 4) is 0 Å². The summed E-state index contributed by atoms with van der Waals surface area (Å²) in [6.07, 6.45) is 3.17. The van der Waals surface area contributed by atoms with Crippen LogP contribution in [0.5, 0.6) is 0 Å². The number of fused-ring (bicyclic) bond motifs is 1. The fraction of sp³-hybridized carbons (Fsp3) is 0.588. The standard InChI is InChI=1S/C17H24N4OS/c1-2-14(16-15(3-1)11-19-20-16)10-18-12-17(4-9-23-13-17)21-5-7-22-8-6-21/h1-3,11,18H,4-10,12-13H2,(H,19,20). The van der Waals surface area contributed by atoms with E-state index in [2.05, 4.69) is 50.4 Å². The number of hydrogen-bond donors (Lipinski definition) is 2. The number of nitrogens with one attached hydrogen (secondary N) is 2. The van der Waals surface area contributed by atoms with Gasteiger partial charge >= 0.3 is 0 Å². The van der Waals surface area contributed by atoms with Gasteiger partial charge in [0, 0.05) is 42.9 Å². The highest BCUT2D eigenvalue weighted by atomic mass is 32.2. The van der Waals surface area contributed by atoms with Gasteiger partial charge in [-0.05, 0) is 17.7 Å². The van der Waals surface area contributed by atoms with Crippen molar-refractivity contribution in [1.82, 2.24) is 20.4 Å². The highest BCUT2D eigenvalue weighted by Crippen LogP contribution is 2.33. The molecule has 0 aliphatic carbocycles. The van der Waals surface area contributed by atoms with Crippen molar-refractivity contribution in [2.45, 2.75) is 18.5 Å². The third-order valence-electron chi connectivity index (χ3n) is 5.10. The van der Waals surface area contributed by atoms with Crippen LogP contribution in [0.4, 0.5) is 0 Å². The molecular weight excluding hydrogens is 308 g/mol. The first-order chi connectivity index (χ1) is 11.4. The van der Waals surface area contributed by atoms with E-state index < -0.39 is 0 Å². The number of benzene rings is 1. The minimum atomic E-state index is 0.302. The summed E-state index contributed by atoms with van der Waals surface area (Å²) in [5.41, 5.74) is 2.75. The zero-order valence-electron chi connectivity index (χ0n) is 13.4. The molecule has 2 N–H and O–H groups in total. The number of hydrogen-bond acceptors (Lipinski definition) is 5. The number of aromatic amines is 1. The number of ether oxygens (including phenoxy) is 1. The molecule has 0 bridgehead atoms. The lowest BCUT2D eigenvalue weighted by Gasteiger charge is -2.43. The first-order valence-corrected chi connectivity index (χ1v) is 9.55. The van der Waals surface area contributed by atoms with Gasteiger partial charge in [0.25, 0.3) is 0 Å². The summed E-state index contributed by atoms with van der Waals surface area (Å²) in [6.45, 7) is 5.82. The Bertz CT molecular complexity index is 647. The highest BCUT2D eigenvalue weighted by molar-refractivity contribution is 7.99. The maximum absolute atomic E-state index is 5.54. The monoisotopic (exact) mass is 332 g/mol. The Kier molecular flexibility index (Phi) is 4.57. The van der Waals surface area contributed by atoms with Gasteiger partial charge in [-0.25, -0.2) is 0 Å². The molecule has 0 amide bonds. The van der Waals surface area contributed by atoms with Crippen molar-refractivity contribution in [3.05, 3.63) is 30.0 Å². The molecule has 124 valence electrons. The summed E-state index contributed by atoms with van der Waals surface area (Å²) in [4.78, 5) is 2.65. The zero-order chi connectivity index (χ0) is 15.5. The molecule has 0 saturated carbocycles. The second-order valence-electron chi connectivity index (χ2n) is 6.48. The van der Waals surface area contributed by atoms with Crippen LogP contribution in [0.2, 0.25) is 0 Å². The molecule has 6 heteroatoms. The van der Waals surface area contributed by atoms with Crippen LogP contribution in [-0.4, -0.2) is 65.0 Å². The van der Waals surface area contributed by atoms with Crippen molar-refractivity contribution >= 4 is 22.7 Å². The van der Waals surface area contributed by atoms with Crippen LogP contribution in [0.3, 0.4) is 0 Å². The summed E-state index contributed by atoms with van der Waals surface area (Å²) < 4.78 is 5.54. The van der Waals surface area contributed by atoms with Crippen molar-refractivity contribution in [2.75, 3.05) is 44.4 Å². The average Bonchev–Trinajstić information content (AvgIpc) is 3.26. The van der Waals surface area contributed by atoms with E-state index >= 15 is 0 Å². The molecule has 1 unspecified atom stereocenters. The number of para-hydroxylation sites is 1. The van der Waals surface area contributed by atoms with E-state index in [4.69, 9.17) is 4.74 Å². The second kappa shape index (κ2) is 6.81. The first kappa shape index (κ1) is 15.4. The van der Waals surface area contributed by atoms with Crippen molar-refractivity contribution < 1.29 is 4.74 Å². The van der Waals surface area contributed by atoms with E-state index in [1.165, 1.54) is 28.9 Å². The predicted octanol–water partition coefficient (Wildman–Crippen LogP) is 1.86. The van der Waals surface area contributed by atoms with Gasteiger partial charge in [0.15, 0.2) is 0 Å². The lowest BCUT2D eigenvalue weighted by Crippen LogP contribution is -2.58. The van der Waals surface area contributed by atoms with Gasteiger partial charge in [0.2, 0.25) is 0 Å². The van der Waals surface area contributed by atoms with E-state index in [9.17, 15) is 0 Å². The molecule has 1 aromatic carbocycles. The number of thioether (sulfide) groups is 1. The van der Waals surface area contributed by atoms with E-state index in [0.29, 0.717) is 5.54 Å². The van der Waals surface area contributed by atoms with E-state index in [-0.39, 0.29) is 0 Å². The molecule has 1 atom stereocenters. The van der Waals surface area contributed by atoms with Crippen molar-refractivity contribution in [3.63, 3.8) is 0 Å². The molecule has 0 radical (unpaired) electrons. The molecule has 3 heterocycles. The Labute approximate surface area is 141 Å². The van der Waals surface area contributed by atoms with Gasteiger partial charge in [0.1, 0.15) is 0 Å².